The van der Waals surface area contributed by atoms with Crippen molar-refractivity contribution in [1.29, 1.82) is 0 Å². The van der Waals surface area contributed by atoms with Crippen molar-refractivity contribution >= 4 is 11.1 Å². The summed E-state index contributed by atoms with van der Waals surface area (Å²) < 4.78 is 0. The highest BCUT2D eigenvalue weighted by Crippen LogP contribution is 2.36. The minimum Gasteiger partial charge on any atom is -0.0622 e. The van der Waals surface area contributed by atoms with Gasteiger partial charge in [0.1, 0.15) is 0 Å². The fourth-order valence-corrected chi connectivity index (χ4v) is 3.25. The van der Waals surface area contributed by atoms with E-state index in [-0.39, 0.29) is 0 Å². The first-order valence-electron chi connectivity index (χ1n) is 8.81. The monoisotopic (exact) mass is 331 g/mol. The second kappa shape index (κ2) is 7.67. The molecule has 0 N–H and O–H groups in total. The van der Waals surface area contributed by atoms with Crippen molar-refractivity contribution in [3.05, 3.63) is 144 Å². The summed E-state index contributed by atoms with van der Waals surface area (Å²) in [5.41, 5.74) is 7.12. The molecular formula is C26H19. The van der Waals surface area contributed by atoms with Crippen molar-refractivity contribution in [1.82, 2.24) is 0 Å². The Morgan fingerprint density at radius 1 is 0.423 bits per heavy atom. The van der Waals surface area contributed by atoms with Gasteiger partial charge < -0.3 is 0 Å². The quantitative estimate of drug-likeness (QED) is 0.375. The van der Waals surface area contributed by atoms with Crippen molar-refractivity contribution in [2.45, 2.75) is 0 Å². The molecular weight excluding hydrogens is 312 g/mol. The van der Waals surface area contributed by atoms with Crippen LogP contribution < -0.4 is 0 Å². The fraction of sp³-hybridized carbons (Fsp3) is 0. The van der Waals surface area contributed by atoms with Gasteiger partial charge in [0.05, 0.1) is 0 Å². The molecule has 123 valence electrons. The summed E-state index contributed by atoms with van der Waals surface area (Å²) in [6.45, 7) is 0. The van der Waals surface area contributed by atoms with Gasteiger partial charge in [-0.05, 0) is 39.5 Å². The number of rotatable bonds is 4. The first-order valence-corrected chi connectivity index (χ1v) is 8.81. The number of benzene rings is 4. The van der Waals surface area contributed by atoms with E-state index in [0.29, 0.717) is 0 Å². The van der Waals surface area contributed by atoms with Gasteiger partial charge in [0, 0.05) is 0 Å². The molecule has 0 nitrogen and oxygen atoms in total. The van der Waals surface area contributed by atoms with Gasteiger partial charge in [-0.15, -0.1) is 0 Å². The van der Waals surface area contributed by atoms with Gasteiger partial charge in [0.2, 0.25) is 0 Å². The van der Waals surface area contributed by atoms with Crippen molar-refractivity contribution in [2.75, 3.05) is 0 Å². The molecule has 0 fully saturated rings. The smallest absolute Gasteiger partial charge is 0.00206 e. The lowest BCUT2D eigenvalue weighted by Crippen LogP contribution is -1.97. The Morgan fingerprint density at radius 2 is 0.846 bits per heavy atom. The van der Waals surface area contributed by atoms with Crippen molar-refractivity contribution in [3.8, 4) is 0 Å². The Hall–Kier alpha value is -3.38. The summed E-state index contributed by atoms with van der Waals surface area (Å²) in [6, 6.07) is 43.4. The molecule has 0 aliphatic rings. The van der Waals surface area contributed by atoms with Crippen LogP contribution in [0.1, 0.15) is 22.3 Å². The maximum Gasteiger partial charge on any atom is -0.00206 e. The standard InChI is InChI=1S/C26H19/c1-5-13-21(14-6-1)25(22-15-7-2-8-16-22)26(23-17-9-3-10-18-23)24-19-11-4-12-20-24/h1-19H. The highest BCUT2D eigenvalue weighted by Gasteiger charge is 2.15. The molecule has 26 heavy (non-hydrogen) atoms. The van der Waals surface area contributed by atoms with Crippen LogP contribution in [0.2, 0.25) is 0 Å². The SMILES string of the molecule is [c]1ccccc1C(=C(c1ccccc1)c1ccccc1)c1ccccc1. The third kappa shape index (κ3) is 3.36. The third-order valence-electron chi connectivity index (χ3n) is 4.42. The van der Waals surface area contributed by atoms with Crippen LogP contribution in [-0.4, -0.2) is 0 Å². The molecule has 0 aliphatic carbocycles. The van der Waals surface area contributed by atoms with Gasteiger partial charge in [-0.2, -0.15) is 0 Å². The lowest BCUT2D eigenvalue weighted by molar-refractivity contribution is 1.50. The first kappa shape index (κ1) is 16.1. The van der Waals surface area contributed by atoms with E-state index in [1.165, 1.54) is 27.8 Å². The second-order valence-corrected chi connectivity index (χ2v) is 6.12. The molecule has 0 atom stereocenters. The van der Waals surface area contributed by atoms with Gasteiger partial charge in [-0.25, -0.2) is 0 Å². The molecule has 0 heteroatoms. The second-order valence-electron chi connectivity index (χ2n) is 6.12. The summed E-state index contributed by atoms with van der Waals surface area (Å²) in [5.74, 6) is 0. The lowest BCUT2D eigenvalue weighted by Gasteiger charge is -2.17. The van der Waals surface area contributed by atoms with Gasteiger partial charge in [-0.3, -0.25) is 0 Å². The van der Waals surface area contributed by atoms with E-state index < -0.39 is 0 Å². The molecule has 0 aromatic heterocycles. The van der Waals surface area contributed by atoms with Crippen LogP contribution in [0.3, 0.4) is 0 Å². The third-order valence-corrected chi connectivity index (χ3v) is 4.42. The highest BCUT2D eigenvalue weighted by atomic mass is 14.2. The zero-order valence-corrected chi connectivity index (χ0v) is 14.5. The van der Waals surface area contributed by atoms with Crippen LogP contribution in [0.15, 0.2) is 115 Å². The molecule has 4 rings (SSSR count). The van der Waals surface area contributed by atoms with E-state index in [2.05, 4.69) is 109 Å². The van der Waals surface area contributed by atoms with E-state index in [4.69, 9.17) is 0 Å². The minimum absolute atomic E-state index is 1.10. The van der Waals surface area contributed by atoms with Crippen LogP contribution in [0.4, 0.5) is 0 Å². The fourth-order valence-electron chi connectivity index (χ4n) is 3.25. The van der Waals surface area contributed by atoms with E-state index >= 15 is 0 Å². The van der Waals surface area contributed by atoms with E-state index in [1.807, 2.05) is 12.1 Å². The molecule has 4 aromatic rings. The van der Waals surface area contributed by atoms with Crippen molar-refractivity contribution in [2.24, 2.45) is 0 Å². The van der Waals surface area contributed by atoms with Crippen molar-refractivity contribution < 1.29 is 0 Å². The summed E-state index contributed by atoms with van der Waals surface area (Å²) in [7, 11) is 0. The van der Waals surface area contributed by atoms with Crippen LogP contribution in [0.5, 0.6) is 0 Å². The first-order chi connectivity index (χ1) is 12.9. The Bertz CT molecular complexity index is 815. The largest absolute Gasteiger partial charge is 0.0622 e. The lowest BCUT2D eigenvalue weighted by atomic mass is 9.86. The summed E-state index contributed by atoms with van der Waals surface area (Å²) >= 11 is 0. The van der Waals surface area contributed by atoms with E-state index in [0.717, 1.165) is 5.56 Å². The summed E-state index contributed by atoms with van der Waals surface area (Å²) in [6.07, 6.45) is 0. The molecule has 0 spiro atoms. The van der Waals surface area contributed by atoms with Gasteiger partial charge >= 0.3 is 0 Å². The Balaban J connectivity index is 2.09. The van der Waals surface area contributed by atoms with Gasteiger partial charge in [0.15, 0.2) is 0 Å². The summed E-state index contributed by atoms with van der Waals surface area (Å²) in [5, 5.41) is 0. The predicted octanol–water partition coefficient (Wildman–Crippen LogP) is 6.49. The Labute approximate surface area is 155 Å². The molecule has 1 radical (unpaired) electrons. The average molecular weight is 331 g/mol. The van der Waals surface area contributed by atoms with Crippen LogP contribution in [0, 0.1) is 6.07 Å². The van der Waals surface area contributed by atoms with Crippen LogP contribution in [-0.2, 0) is 0 Å². The molecule has 0 amide bonds. The zero-order chi connectivity index (χ0) is 17.6. The molecule has 0 unspecified atom stereocenters. The maximum absolute atomic E-state index is 3.43. The molecule has 0 heterocycles. The topological polar surface area (TPSA) is 0 Å². The minimum atomic E-state index is 1.10. The van der Waals surface area contributed by atoms with Gasteiger partial charge in [-0.1, -0.05) is 115 Å². The zero-order valence-electron chi connectivity index (χ0n) is 14.5. The molecule has 0 bridgehead atoms. The van der Waals surface area contributed by atoms with Crippen LogP contribution >= 0.6 is 0 Å². The average Bonchev–Trinajstić information content (AvgIpc) is 2.74. The Morgan fingerprint density at radius 3 is 1.27 bits per heavy atom. The number of hydrogen-bond donors (Lipinski definition) is 0. The molecule has 4 aromatic carbocycles. The van der Waals surface area contributed by atoms with Crippen LogP contribution in [0.25, 0.3) is 11.1 Å². The van der Waals surface area contributed by atoms with Gasteiger partial charge in [0.25, 0.3) is 0 Å². The summed E-state index contributed by atoms with van der Waals surface area (Å²) in [4.78, 5) is 0. The highest BCUT2D eigenvalue weighted by molar-refractivity contribution is 6.04. The molecule has 0 saturated heterocycles. The molecule has 0 saturated carbocycles. The normalized spacial score (nSPS) is 10.3. The predicted molar refractivity (Wildman–Crippen MR) is 110 cm³/mol. The van der Waals surface area contributed by atoms with E-state index in [9.17, 15) is 0 Å². The van der Waals surface area contributed by atoms with Crippen molar-refractivity contribution in [3.63, 3.8) is 0 Å². The number of hydrogen-bond acceptors (Lipinski definition) is 0. The molecule has 0 aliphatic heterocycles. The maximum atomic E-state index is 3.43. The Kier molecular flexibility index (Phi) is 4.75. The van der Waals surface area contributed by atoms with E-state index in [1.54, 1.807) is 0 Å².